The van der Waals surface area contributed by atoms with E-state index < -0.39 is 21.8 Å². The normalized spacial score (nSPS) is 12.2. The van der Waals surface area contributed by atoms with E-state index in [-0.39, 0.29) is 21.9 Å². The maximum absolute atomic E-state index is 13.1. The number of hydrogen-bond donors (Lipinski definition) is 1. The Morgan fingerprint density at radius 2 is 1.69 bits per heavy atom. The Hall–Kier alpha value is -2.81. The van der Waals surface area contributed by atoms with E-state index in [1.165, 1.54) is 48.5 Å². The molecule has 2 aromatic carbocycles. The van der Waals surface area contributed by atoms with Gasteiger partial charge in [-0.25, -0.2) is 13.1 Å². The number of rotatable bonds is 4. The molecule has 1 heterocycles. The summed E-state index contributed by atoms with van der Waals surface area (Å²) in [5, 5.41) is 3.57. The Morgan fingerprint density at radius 3 is 2.27 bits per heavy atom. The van der Waals surface area contributed by atoms with E-state index in [9.17, 15) is 21.6 Å². The lowest BCUT2D eigenvalue weighted by atomic mass is 9.99. The SMILES string of the molecule is Cc1cc(NS(=O)(=O)c2ccc(-c3ccccc3C(F)(F)F)cc2)on1. The summed E-state index contributed by atoms with van der Waals surface area (Å²) in [6.07, 6.45) is -4.51. The van der Waals surface area contributed by atoms with Crippen LogP contribution in [0.3, 0.4) is 0 Å². The lowest BCUT2D eigenvalue weighted by Crippen LogP contribution is -2.12. The minimum Gasteiger partial charge on any atom is -0.338 e. The third kappa shape index (κ3) is 3.72. The van der Waals surface area contributed by atoms with E-state index in [2.05, 4.69) is 9.88 Å². The minimum absolute atomic E-state index is 0.0252. The second-order valence-corrected chi connectivity index (χ2v) is 7.19. The van der Waals surface area contributed by atoms with Crippen molar-refractivity contribution in [3.05, 3.63) is 65.9 Å². The average molecular weight is 382 g/mol. The second kappa shape index (κ2) is 6.49. The lowest BCUT2D eigenvalue weighted by Gasteiger charge is -2.13. The summed E-state index contributed by atoms with van der Waals surface area (Å²) in [6, 6.07) is 11.6. The summed E-state index contributed by atoms with van der Waals surface area (Å²) >= 11 is 0. The molecule has 0 fully saturated rings. The van der Waals surface area contributed by atoms with Crippen LogP contribution in [0.1, 0.15) is 11.3 Å². The number of aromatic nitrogens is 1. The Bertz CT molecular complexity index is 1030. The van der Waals surface area contributed by atoms with Gasteiger partial charge in [0, 0.05) is 6.07 Å². The van der Waals surface area contributed by atoms with E-state index in [4.69, 9.17) is 4.52 Å². The monoisotopic (exact) mass is 382 g/mol. The molecule has 0 saturated heterocycles. The molecular formula is C17H13F3N2O3S. The van der Waals surface area contributed by atoms with Crippen LogP contribution in [0.4, 0.5) is 19.1 Å². The fourth-order valence-electron chi connectivity index (χ4n) is 2.40. The Kier molecular flexibility index (Phi) is 4.49. The van der Waals surface area contributed by atoms with Crippen LogP contribution in [0, 0.1) is 6.92 Å². The van der Waals surface area contributed by atoms with Crippen LogP contribution in [0.25, 0.3) is 11.1 Å². The zero-order valence-corrected chi connectivity index (χ0v) is 14.2. The minimum atomic E-state index is -4.51. The fourth-order valence-corrected chi connectivity index (χ4v) is 3.37. The number of aryl methyl sites for hydroxylation is 1. The van der Waals surface area contributed by atoms with Gasteiger partial charge in [0.1, 0.15) is 0 Å². The van der Waals surface area contributed by atoms with Gasteiger partial charge in [0.2, 0.25) is 5.88 Å². The molecule has 9 heteroatoms. The van der Waals surface area contributed by atoms with E-state index in [0.717, 1.165) is 6.07 Å². The molecule has 0 unspecified atom stereocenters. The van der Waals surface area contributed by atoms with Crippen molar-refractivity contribution in [1.82, 2.24) is 5.16 Å². The van der Waals surface area contributed by atoms with Crippen molar-refractivity contribution in [3.63, 3.8) is 0 Å². The van der Waals surface area contributed by atoms with Crippen LogP contribution in [0.5, 0.6) is 0 Å². The van der Waals surface area contributed by atoms with Gasteiger partial charge in [0.05, 0.1) is 16.2 Å². The number of halogens is 3. The molecule has 136 valence electrons. The zero-order valence-electron chi connectivity index (χ0n) is 13.4. The van der Waals surface area contributed by atoms with Crippen molar-refractivity contribution in [2.75, 3.05) is 4.72 Å². The van der Waals surface area contributed by atoms with Crippen molar-refractivity contribution >= 4 is 15.9 Å². The molecule has 0 amide bonds. The van der Waals surface area contributed by atoms with Crippen molar-refractivity contribution in [3.8, 4) is 11.1 Å². The van der Waals surface area contributed by atoms with Gasteiger partial charge in [-0.3, -0.25) is 0 Å². The van der Waals surface area contributed by atoms with E-state index in [1.807, 2.05) is 0 Å². The lowest BCUT2D eigenvalue weighted by molar-refractivity contribution is -0.137. The van der Waals surface area contributed by atoms with Gasteiger partial charge in [-0.1, -0.05) is 35.5 Å². The molecule has 1 aromatic heterocycles. The van der Waals surface area contributed by atoms with Gasteiger partial charge in [0.15, 0.2) is 0 Å². The van der Waals surface area contributed by atoms with Crippen LogP contribution < -0.4 is 4.72 Å². The van der Waals surface area contributed by atoms with Crippen molar-refractivity contribution in [1.29, 1.82) is 0 Å². The van der Waals surface area contributed by atoms with Gasteiger partial charge in [0.25, 0.3) is 10.0 Å². The number of hydrogen-bond acceptors (Lipinski definition) is 4. The molecule has 0 aliphatic heterocycles. The predicted octanol–water partition coefficient (Wildman–Crippen LogP) is 4.47. The molecule has 0 aliphatic rings. The van der Waals surface area contributed by atoms with Crippen LogP contribution in [0.15, 0.2) is 64.0 Å². The first-order valence-electron chi connectivity index (χ1n) is 7.39. The molecule has 0 radical (unpaired) electrons. The molecule has 3 aromatic rings. The molecule has 5 nitrogen and oxygen atoms in total. The first kappa shape index (κ1) is 18.0. The predicted molar refractivity (Wildman–Crippen MR) is 88.9 cm³/mol. The summed E-state index contributed by atoms with van der Waals surface area (Å²) in [7, 11) is -3.94. The maximum atomic E-state index is 13.1. The molecule has 1 N–H and O–H groups in total. The van der Waals surface area contributed by atoms with Gasteiger partial charge in [-0.05, 0) is 36.2 Å². The van der Waals surface area contributed by atoms with E-state index >= 15 is 0 Å². The zero-order chi connectivity index (χ0) is 18.9. The fraction of sp³-hybridized carbons (Fsp3) is 0.118. The van der Waals surface area contributed by atoms with Crippen LogP contribution in [0.2, 0.25) is 0 Å². The summed E-state index contributed by atoms with van der Waals surface area (Å²) < 4.78 is 71.0. The largest absolute Gasteiger partial charge is 0.417 e. The summed E-state index contributed by atoms with van der Waals surface area (Å²) in [4.78, 5) is -0.111. The maximum Gasteiger partial charge on any atom is 0.417 e. The topological polar surface area (TPSA) is 72.2 Å². The van der Waals surface area contributed by atoms with Gasteiger partial charge in [-0.2, -0.15) is 13.2 Å². The van der Waals surface area contributed by atoms with Crippen LogP contribution >= 0.6 is 0 Å². The molecule has 0 bridgehead atoms. The molecule has 0 aliphatic carbocycles. The standard InChI is InChI=1S/C17H13F3N2O3S/c1-11-10-16(25-21-11)22-26(23,24)13-8-6-12(7-9-13)14-4-2-3-5-15(14)17(18,19)20/h2-10,22H,1H3. The number of benzene rings is 2. The third-order valence-electron chi connectivity index (χ3n) is 3.57. The molecule has 0 spiro atoms. The Balaban J connectivity index is 1.92. The van der Waals surface area contributed by atoms with Crippen molar-refractivity contribution < 1.29 is 26.1 Å². The molecular weight excluding hydrogens is 369 g/mol. The highest BCUT2D eigenvalue weighted by molar-refractivity contribution is 7.92. The highest BCUT2D eigenvalue weighted by Gasteiger charge is 2.33. The summed E-state index contributed by atoms with van der Waals surface area (Å²) in [6.45, 7) is 1.63. The van der Waals surface area contributed by atoms with Crippen molar-refractivity contribution in [2.24, 2.45) is 0 Å². The number of sulfonamides is 1. The number of alkyl halides is 3. The first-order chi connectivity index (χ1) is 12.2. The molecule has 0 atom stereocenters. The number of anilines is 1. The number of nitrogens with zero attached hydrogens (tertiary/aromatic N) is 1. The first-order valence-corrected chi connectivity index (χ1v) is 8.88. The summed E-state index contributed by atoms with van der Waals surface area (Å²) in [5.74, 6) is -0.0472. The third-order valence-corrected chi connectivity index (χ3v) is 4.93. The smallest absolute Gasteiger partial charge is 0.338 e. The summed E-state index contributed by atoms with van der Waals surface area (Å²) in [5.41, 5.74) is -0.0529. The highest BCUT2D eigenvalue weighted by atomic mass is 32.2. The molecule has 26 heavy (non-hydrogen) atoms. The quantitative estimate of drug-likeness (QED) is 0.723. The van der Waals surface area contributed by atoms with E-state index in [0.29, 0.717) is 5.69 Å². The van der Waals surface area contributed by atoms with Crippen LogP contribution in [-0.2, 0) is 16.2 Å². The Labute approximate surface area is 147 Å². The molecule has 3 rings (SSSR count). The van der Waals surface area contributed by atoms with Crippen LogP contribution in [-0.4, -0.2) is 13.6 Å². The van der Waals surface area contributed by atoms with Crippen molar-refractivity contribution in [2.45, 2.75) is 18.0 Å². The second-order valence-electron chi connectivity index (χ2n) is 5.51. The van der Waals surface area contributed by atoms with Gasteiger partial charge < -0.3 is 4.52 Å². The van der Waals surface area contributed by atoms with E-state index in [1.54, 1.807) is 6.92 Å². The number of nitrogens with one attached hydrogen (secondary N) is 1. The average Bonchev–Trinajstić information content (AvgIpc) is 2.98. The highest BCUT2D eigenvalue weighted by Crippen LogP contribution is 2.37. The molecule has 0 saturated carbocycles. The Morgan fingerprint density at radius 1 is 1.04 bits per heavy atom. The van der Waals surface area contributed by atoms with Gasteiger partial charge >= 0.3 is 6.18 Å². The van der Waals surface area contributed by atoms with Gasteiger partial charge in [-0.15, -0.1) is 0 Å².